The van der Waals surface area contributed by atoms with Crippen molar-refractivity contribution in [3.8, 4) is 0 Å². The third-order valence-electron chi connectivity index (χ3n) is 4.19. The normalized spacial score (nSPS) is 17.0. The van der Waals surface area contributed by atoms with Gasteiger partial charge in [-0.3, -0.25) is 4.79 Å². The lowest BCUT2D eigenvalue weighted by atomic mass is 9.73. The van der Waals surface area contributed by atoms with E-state index in [2.05, 4.69) is 21.2 Å². The van der Waals surface area contributed by atoms with Crippen LogP contribution in [0.4, 0.5) is 5.69 Å². The summed E-state index contributed by atoms with van der Waals surface area (Å²) in [5, 5.41) is 3.07. The SMILES string of the molecule is O=C(Nc1cccc(Br)c1)C1(c2ccccc2)CCOCC1. The van der Waals surface area contributed by atoms with Gasteiger partial charge < -0.3 is 10.1 Å². The van der Waals surface area contributed by atoms with Crippen molar-refractivity contribution < 1.29 is 9.53 Å². The molecule has 1 fully saturated rings. The van der Waals surface area contributed by atoms with Crippen molar-refractivity contribution in [2.75, 3.05) is 18.5 Å². The Morgan fingerprint density at radius 1 is 1.05 bits per heavy atom. The van der Waals surface area contributed by atoms with Gasteiger partial charge in [-0.25, -0.2) is 0 Å². The summed E-state index contributed by atoms with van der Waals surface area (Å²) in [6, 6.07) is 17.7. The molecule has 3 rings (SSSR count). The molecule has 2 aromatic rings. The number of hydrogen-bond acceptors (Lipinski definition) is 2. The topological polar surface area (TPSA) is 38.3 Å². The zero-order chi connectivity index (χ0) is 15.4. The summed E-state index contributed by atoms with van der Waals surface area (Å²) >= 11 is 3.44. The van der Waals surface area contributed by atoms with Crippen LogP contribution < -0.4 is 5.32 Å². The molecular weight excluding hydrogens is 342 g/mol. The van der Waals surface area contributed by atoms with Crippen LogP contribution in [0.15, 0.2) is 59.1 Å². The van der Waals surface area contributed by atoms with Gasteiger partial charge in [-0.05, 0) is 36.6 Å². The first kappa shape index (κ1) is 15.3. The molecule has 0 radical (unpaired) electrons. The molecule has 2 aromatic carbocycles. The Kier molecular flexibility index (Phi) is 4.60. The maximum absolute atomic E-state index is 13.0. The van der Waals surface area contributed by atoms with Crippen molar-refractivity contribution in [1.29, 1.82) is 0 Å². The molecule has 0 unspecified atom stereocenters. The van der Waals surface area contributed by atoms with E-state index in [4.69, 9.17) is 4.74 Å². The molecule has 3 nitrogen and oxygen atoms in total. The first-order chi connectivity index (χ1) is 10.7. The summed E-state index contributed by atoms with van der Waals surface area (Å²) in [4.78, 5) is 13.0. The van der Waals surface area contributed by atoms with E-state index < -0.39 is 5.41 Å². The minimum absolute atomic E-state index is 0.0418. The summed E-state index contributed by atoms with van der Waals surface area (Å²) in [6.45, 7) is 1.22. The second kappa shape index (κ2) is 6.63. The van der Waals surface area contributed by atoms with E-state index in [1.54, 1.807) is 0 Å². The number of nitrogens with one attached hydrogen (secondary N) is 1. The number of ether oxygens (including phenoxy) is 1. The van der Waals surface area contributed by atoms with Crippen molar-refractivity contribution >= 4 is 27.5 Å². The van der Waals surface area contributed by atoms with E-state index >= 15 is 0 Å². The standard InChI is InChI=1S/C18H18BrNO2/c19-15-7-4-8-16(13-15)20-17(21)18(9-11-22-12-10-18)14-5-2-1-3-6-14/h1-8,13H,9-12H2,(H,20,21). The highest BCUT2D eigenvalue weighted by atomic mass is 79.9. The zero-order valence-electron chi connectivity index (χ0n) is 12.2. The lowest BCUT2D eigenvalue weighted by molar-refractivity contribution is -0.125. The number of hydrogen-bond donors (Lipinski definition) is 1. The van der Waals surface area contributed by atoms with E-state index in [9.17, 15) is 4.79 Å². The average Bonchev–Trinajstić information content (AvgIpc) is 2.56. The average molecular weight is 360 g/mol. The molecule has 1 saturated heterocycles. The Hall–Kier alpha value is -1.65. The number of amides is 1. The van der Waals surface area contributed by atoms with Gasteiger partial charge in [0, 0.05) is 23.4 Å². The number of anilines is 1. The van der Waals surface area contributed by atoms with Gasteiger partial charge in [-0.1, -0.05) is 52.3 Å². The molecule has 1 amide bonds. The fourth-order valence-corrected chi connectivity index (χ4v) is 3.34. The predicted molar refractivity (Wildman–Crippen MR) is 90.9 cm³/mol. The van der Waals surface area contributed by atoms with Gasteiger partial charge in [0.25, 0.3) is 0 Å². The number of carbonyl (C=O) groups is 1. The summed E-state index contributed by atoms with van der Waals surface area (Å²) in [5.74, 6) is 0.0418. The molecule has 0 saturated carbocycles. The van der Waals surface area contributed by atoms with E-state index in [1.807, 2.05) is 54.6 Å². The van der Waals surface area contributed by atoms with Gasteiger partial charge in [0.1, 0.15) is 0 Å². The molecule has 0 spiro atoms. The maximum Gasteiger partial charge on any atom is 0.235 e. The highest BCUT2D eigenvalue weighted by molar-refractivity contribution is 9.10. The minimum Gasteiger partial charge on any atom is -0.381 e. The first-order valence-corrected chi connectivity index (χ1v) is 8.20. The molecule has 1 aliphatic heterocycles. The number of carbonyl (C=O) groups excluding carboxylic acids is 1. The van der Waals surface area contributed by atoms with E-state index in [-0.39, 0.29) is 5.91 Å². The van der Waals surface area contributed by atoms with Crippen molar-refractivity contribution in [2.24, 2.45) is 0 Å². The Balaban J connectivity index is 1.91. The molecule has 0 bridgehead atoms. The van der Waals surface area contributed by atoms with Gasteiger partial charge in [0.15, 0.2) is 0 Å². The second-order valence-electron chi connectivity index (χ2n) is 5.52. The molecule has 0 aromatic heterocycles. The number of benzene rings is 2. The van der Waals surface area contributed by atoms with E-state index in [0.29, 0.717) is 26.1 Å². The molecule has 1 heterocycles. The summed E-state index contributed by atoms with van der Waals surface area (Å²) < 4.78 is 6.43. The fraction of sp³-hybridized carbons (Fsp3) is 0.278. The van der Waals surface area contributed by atoms with Crippen molar-refractivity contribution in [3.05, 3.63) is 64.6 Å². The van der Waals surface area contributed by atoms with Crippen molar-refractivity contribution in [1.82, 2.24) is 0 Å². The zero-order valence-corrected chi connectivity index (χ0v) is 13.8. The van der Waals surface area contributed by atoms with Crippen LogP contribution in [0.2, 0.25) is 0 Å². The van der Waals surface area contributed by atoms with Crippen LogP contribution in [0.25, 0.3) is 0 Å². The monoisotopic (exact) mass is 359 g/mol. The summed E-state index contributed by atoms with van der Waals surface area (Å²) in [6.07, 6.45) is 1.41. The van der Waals surface area contributed by atoms with Crippen LogP contribution in [0.1, 0.15) is 18.4 Å². The van der Waals surface area contributed by atoms with Crippen LogP contribution in [0.5, 0.6) is 0 Å². The minimum atomic E-state index is -0.512. The molecule has 1 aliphatic rings. The van der Waals surface area contributed by atoms with Crippen LogP contribution in [0.3, 0.4) is 0 Å². The Labute approximate surface area is 138 Å². The number of rotatable bonds is 3. The van der Waals surface area contributed by atoms with Gasteiger partial charge in [-0.15, -0.1) is 0 Å². The number of halogens is 1. The lowest BCUT2D eigenvalue weighted by Crippen LogP contribution is -2.44. The molecular formula is C18H18BrNO2. The highest BCUT2D eigenvalue weighted by Crippen LogP contribution is 2.36. The van der Waals surface area contributed by atoms with Crippen molar-refractivity contribution in [2.45, 2.75) is 18.3 Å². The van der Waals surface area contributed by atoms with Crippen LogP contribution in [0, 0.1) is 0 Å². The van der Waals surface area contributed by atoms with Crippen LogP contribution >= 0.6 is 15.9 Å². The molecule has 22 heavy (non-hydrogen) atoms. The first-order valence-electron chi connectivity index (χ1n) is 7.41. The molecule has 1 N–H and O–H groups in total. The third kappa shape index (κ3) is 3.08. The van der Waals surface area contributed by atoms with Gasteiger partial charge >= 0.3 is 0 Å². The molecule has 0 atom stereocenters. The van der Waals surface area contributed by atoms with Crippen LogP contribution in [-0.2, 0) is 14.9 Å². The molecule has 4 heteroatoms. The lowest BCUT2D eigenvalue weighted by Gasteiger charge is -2.36. The van der Waals surface area contributed by atoms with Crippen LogP contribution in [-0.4, -0.2) is 19.1 Å². The maximum atomic E-state index is 13.0. The predicted octanol–water partition coefficient (Wildman–Crippen LogP) is 4.14. The fourth-order valence-electron chi connectivity index (χ4n) is 2.94. The largest absolute Gasteiger partial charge is 0.381 e. The van der Waals surface area contributed by atoms with E-state index in [0.717, 1.165) is 15.7 Å². The van der Waals surface area contributed by atoms with Gasteiger partial charge in [-0.2, -0.15) is 0 Å². The third-order valence-corrected chi connectivity index (χ3v) is 4.68. The second-order valence-corrected chi connectivity index (χ2v) is 6.44. The Morgan fingerprint density at radius 2 is 1.77 bits per heavy atom. The smallest absolute Gasteiger partial charge is 0.235 e. The molecule has 0 aliphatic carbocycles. The van der Waals surface area contributed by atoms with Gasteiger partial charge in [0.05, 0.1) is 5.41 Å². The Morgan fingerprint density at radius 3 is 2.45 bits per heavy atom. The summed E-state index contributed by atoms with van der Waals surface area (Å²) in [7, 11) is 0. The van der Waals surface area contributed by atoms with Gasteiger partial charge in [0.2, 0.25) is 5.91 Å². The summed E-state index contributed by atoms with van der Waals surface area (Å²) in [5.41, 5.74) is 1.36. The molecule has 114 valence electrons. The highest BCUT2D eigenvalue weighted by Gasteiger charge is 2.41. The van der Waals surface area contributed by atoms with E-state index in [1.165, 1.54) is 0 Å². The quantitative estimate of drug-likeness (QED) is 0.894. The van der Waals surface area contributed by atoms with Crippen molar-refractivity contribution in [3.63, 3.8) is 0 Å². The Bertz CT molecular complexity index is 651.